The number of thioether (sulfide) groups is 1. The molecule has 2 aliphatic rings. The normalized spacial score (nSPS) is 18.0. The van der Waals surface area contributed by atoms with Gasteiger partial charge in [-0.15, -0.1) is 0 Å². The first-order chi connectivity index (χ1) is 14.4. The summed E-state index contributed by atoms with van der Waals surface area (Å²) in [6.07, 6.45) is 4.15. The number of anilines is 1. The standard InChI is InChI=1S/C23H23FN2O3S/c1-25-8-7-14-5-4-6-15(17(14)12-25)11-26(2)19-9-16(18(24)10-21(19)29-3)22-20(27)13-30-23(22)28/h4-10,22H,11-13H2,1-3H3. The third-order valence-electron chi connectivity index (χ3n) is 5.57. The first kappa shape index (κ1) is 20.5. The summed E-state index contributed by atoms with van der Waals surface area (Å²) in [6.45, 7) is 1.39. The minimum absolute atomic E-state index is 0.0946. The van der Waals surface area contributed by atoms with Crippen LogP contribution < -0.4 is 9.64 Å². The molecule has 1 unspecified atom stereocenters. The van der Waals surface area contributed by atoms with E-state index in [2.05, 4.69) is 29.3 Å². The van der Waals surface area contributed by atoms with Gasteiger partial charge in [-0.25, -0.2) is 4.39 Å². The number of Topliss-reactive ketones (excluding diaryl/α,β-unsaturated/α-hetero) is 1. The van der Waals surface area contributed by atoms with Gasteiger partial charge < -0.3 is 14.5 Å². The number of nitrogens with zero attached hydrogens (tertiary/aromatic N) is 2. The zero-order valence-electron chi connectivity index (χ0n) is 17.1. The summed E-state index contributed by atoms with van der Waals surface area (Å²) in [5.74, 6) is -1.43. The maximum Gasteiger partial charge on any atom is 0.204 e. The van der Waals surface area contributed by atoms with Gasteiger partial charge in [0, 0.05) is 38.8 Å². The minimum atomic E-state index is -1.05. The van der Waals surface area contributed by atoms with E-state index in [1.54, 1.807) is 6.07 Å². The summed E-state index contributed by atoms with van der Waals surface area (Å²) >= 11 is 0.948. The quantitative estimate of drug-likeness (QED) is 0.678. The number of carbonyl (C=O) groups excluding carboxylic acids is 2. The lowest BCUT2D eigenvalue weighted by Crippen LogP contribution is -2.22. The van der Waals surface area contributed by atoms with E-state index in [4.69, 9.17) is 4.74 Å². The fraction of sp³-hybridized carbons (Fsp3) is 0.304. The van der Waals surface area contributed by atoms with Gasteiger partial charge >= 0.3 is 0 Å². The number of rotatable bonds is 5. The van der Waals surface area contributed by atoms with Crippen LogP contribution in [0.5, 0.6) is 5.75 Å². The summed E-state index contributed by atoms with van der Waals surface area (Å²) in [5.41, 5.74) is 4.35. The van der Waals surface area contributed by atoms with Gasteiger partial charge in [0.05, 0.1) is 18.6 Å². The van der Waals surface area contributed by atoms with Crippen LogP contribution in [0.3, 0.4) is 0 Å². The zero-order valence-corrected chi connectivity index (χ0v) is 18.0. The topological polar surface area (TPSA) is 49.9 Å². The van der Waals surface area contributed by atoms with E-state index in [0.717, 1.165) is 23.9 Å². The summed E-state index contributed by atoms with van der Waals surface area (Å²) < 4.78 is 20.2. The molecule has 2 aliphatic heterocycles. The van der Waals surface area contributed by atoms with Gasteiger partial charge in [0.25, 0.3) is 0 Å². The molecule has 7 heteroatoms. The van der Waals surface area contributed by atoms with Crippen molar-refractivity contribution in [2.75, 3.05) is 31.9 Å². The Balaban J connectivity index is 1.70. The van der Waals surface area contributed by atoms with E-state index in [1.807, 2.05) is 25.1 Å². The molecular weight excluding hydrogens is 403 g/mol. The highest BCUT2D eigenvalue weighted by Crippen LogP contribution is 2.39. The molecule has 1 saturated heterocycles. The van der Waals surface area contributed by atoms with Gasteiger partial charge in [-0.3, -0.25) is 9.59 Å². The number of benzene rings is 2. The molecule has 2 aromatic rings. The van der Waals surface area contributed by atoms with Crippen LogP contribution in [0.15, 0.2) is 36.5 Å². The average Bonchev–Trinajstić information content (AvgIpc) is 3.06. The van der Waals surface area contributed by atoms with Crippen LogP contribution in [-0.4, -0.2) is 42.8 Å². The van der Waals surface area contributed by atoms with Crippen molar-refractivity contribution in [3.63, 3.8) is 0 Å². The Hall–Kier alpha value is -2.80. The number of hydrogen-bond donors (Lipinski definition) is 0. The molecule has 0 spiro atoms. The van der Waals surface area contributed by atoms with E-state index >= 15 is 0 Å². The van der Waals surface area contributed by atoms with E-state index < -0.39 is 11.7 Å². The molecule has 0 amide bonds. The Morgan fingerprint density at radius 2 is 2.10 bits per heavy atom. The van der Waals surface area contributed by atoms with E-state index in [-0.39, 0.29) is 22.2 Å². The predicted molar refractivity (Wildman–Crippen MR) is 117 cm³/mol. The van der Waals surface area contributed by atoms with Gasteiger partial charge in [-0.05, 0) is 35.0 Å². The highest BCUT2D eigenvalue weighted by Gasteiger charge is 2.37. The van der Waals surface area contributed by atoms with Crippen molar-refractivity contribution in [1.82, 2.24) is 4.90 Å². The van der Waals surface area contributed by atoms with Crippen LogP contribution in [-0.2, 0) is 22.7 Å². The molecule has 2 aromatic carbocycles. The van der Waals surface area contributed by atoms with E-state index in [1.165, 1.54) is 24.3 Å². The molecule has 0 saturated carbocycles. The molecule has 0 aromatic heterocycles. The molecule has 0 bridgehead atoms. The van der Waals surface area contributed by atoms with Crippen molar-refractivity contribution in [2.45, 2.75) is 19.0 Å². The van der Waals surface area contributed by atoms with Gasteiger partial charge in [-0.1, -0.05) is 30.0 Å². The average molecular weight is 427 g/mol. The molecule has 4 rings (SSSR count). The number of ether oxygens (including phenoxy) is 1. The van der Waals surface area contributed by atoms with Gasteiger partial charge in [0.15, 0.2) is 5.78 Å². The summed E-state index contributed by atoms with van der Waals surface area (Å²) in [6, 6.07) is 9.05. The second-order valence-electron chi connectivity index (χ2n) is 7.62. The number of halogens is 1. The van der Waals surface area contributed by atoms with Gasteiger partial charge in [0.2, 0.25) is 5.12 Å². The predicted octanol–water partition coefficient (Wildman–Crippen LogP) is 3.81. The monoisotopic (exact) mass is 426 g/mol. The number of carbonyl (C=O) groups is 2. The number of methoxy groups -OCH3 is 1. The summed E-state index contributed by atoms with van der Waals surface area (Å²) in [7, 11) is 5.41. The van der Waals surface area contributed by atoms with Crippen molar-refractivity contribution in [3.8, 4) is 5.75 Å². The number of hydrogen-bond acceptors (Lipinski definition) is 6. The van der Waals surface area contributed by atoms with Crippen LogP contribution in [0.4, 0.5) is 10.1 Å². The molecule has 0 N–H and O–H groups in total. The fourth-order valence-electron chi connectivity index (χ4n) is 3.99. The molecular formula is C23H23FN2O3S. The van der Waals surface area contributed by atoms with Crippen LogP contribution in [0.1, 0.15) is 28.2 Å². The van der Waals surface area contributed by atoms with Crippen molar-refractivity contribution in [3.05, 3.63) is 64.6 Å². The summed E-state index contributed by atoms with van der Waals surface area (Å²) in [5, 5.41) is -0.301. The molecule has 0 radical (unpaired) electrons. The Morgan fingerprint density at radius 3 is 2.80 bits per heavy atom. The summed E-state index contributed by atoms with van der Waals surface area (Å²) in [4.78, 5) is 28.5. The number of fused-ring (bicyclic) bond motifs is 1. The van der Waals surface area contributed by atoms with Crippen LogP contribution in [0, 0.1) is 5.82 Å². The molecule has 1 atom stereocenters. The maximum atomic E-state index is 14.7. The molecule has 1 fully saturated rings. The van der Waals surface area contributed by atoms with Gasteiger partial charge in [0.1, 0.15) is 17.5 Å². The van der Waals surface area contributed by atoms with E-state index in [9.17, 15) is 14.0 Å². The molecule has 2 heterocycles. The second kappa shape index (κ2) is 8.14. The van der Waals surface area contributed by atoms with Crippen molar-refractivity contribution in [1.29, 1.82) is 0 Å². The Morgan fingerprint density at radius 1 is 1.30 bits per heavy atom. The fourth-order valence-corrected chi connectivity index (χ4v) is 4.86. The molecule has 0 aliphatic carbocycles. The van der Waals surface area contributed by atoms with Crippen molar-refractivity contribution < 1.29 is 18.7 Å². The van der Waals surface area contributed by atoms with Crippen LogP contribution >= 0.6 is 11.8 Å². The first-order valence-electron chi connectivity index (χ1n) is 9.66. The second-order valence-corrected chi connectivity index (χ2v) is 8.60. The zero-order chi connectivity index (χ0) is 21.4. The molecule has 5 nitrogen and oxygen atoms in total. The molecule has 156 valence electrons. The smallest absolute Gasteiger partial charge is 0.204 e. The Kier molecular flexibility index (Phi) is 5.56. The van der Waals surface area contributed by atoms with Crippen molar-refractivity contribution >= 4 is 34.4 Å². The Labute approximate surface area is 179 Å². The highest BCUT2D eigenvalue weighted by atomic mass is 32.2. The lowest BCUT2D eigenvalue weighted by atomic mass is 9.95. The maximum absolute atomic E-state index is 14.7. The lowest BCUT2D eigenvalue weighted by Gasteiger charge is -2.27. The number of ketones is 1. The minimum Gasteiger partial charge on any atom is -0.494 e. The van der Waals surface area contributed by atoms with Gasteiger partial charge in [-0.2, -0.15) is 0 Å². The van der Waals surface area contributed by atoms with Crippen LogP contribution in [0.2, 0.25) is 0 Å². The SMILES string of the molecule is COc1cc(F)c(C2C(=O)CSC2=O)cc1N(C)Cc1cccc2c1CN(C)C=C2. The first-order valence-corrected chi connectivity index (χ1v) is 10.6. The van der Waals surface area contributed by atoms with Crippen LogP contribution in [0.25, 0.3) is 6.08 Å². The third kappa shape index (κ3) is 3.69. The lowest BCUT2D eigenvalue weighted by molar-refractivity contribution is -0.122. The third-order valence-corrected chi connectivity index (χ3v) is 6.52. The highest BCUT2D eigenvalue weighted by molar-refractivity contribution is 8.15. The molecule has 30 heavy (non-hydrogen) atoms. The Bertz CT molecular complexity index is 1040. The van der Waals surface area contributed by atoms with E-state index in [0.29, 0.717) is 18.0 Å². The largest absolute Gasteiger partial charge is 0.494 e. The van der Waals surface area contributed by atoms with Crippen molar-refractivity contribution in [2.24, 2.45) is 0 Å².